The van der Waals surface area contributed by atoms with E-state index in [-0.39, 0.29) is 33.0 Å². The van der Waals surface area contributed by atoms with Crippen LogP contribution in [0, 0.1) is 5.41 Å². The molecule has 2 aliphatic carbocycles. The van der Waals surface area contributed by atoms with Crippen LogP contribution in [0.2, 0.25) is 10.0 Å². The van der Waals surface area contributed by atoms with Gasteiger partial charge in [-0.05, 0) is 37.5 Å². The molecule has 2 aromatic rings. The Hall–Kier alpha value is -2.61. The standard InChI is InChI=1S/C26H26Cl3N3O4/c1-2-36-25(35)19(32-22-21(29)23(33)26(22)10-4-3-5-11-26)12-15-6-8-16(9-7-15)31-24(34)20-17(27)13-30-14-18(20)28/h6-9,13-14,19,32H,2-5,10-12H2,1H3,(H,31,34)/t19-/m0/s1. The monoisotopic (exact) mass is 549 g/mol. The number of hydrogen-bond acceptors (Lipinski definition) is 6. The van der Waals surface area contributed by atoms with Gasteiger partial charge in [0.1, 0.15) is 11.1 Å². The highest BCUT2D eigenvalue weighted by Gasteiger charge is 2.54. The number of halogens is 3. The third-order valence-electron chi connectivity index (χ3n) is 6.66. The molecule has 0 aliphatic heterocycles. The van der Waals surface area contributed by atoms with Crippen LogP contribution in [0.4, 0.5) is 5.69 Å². The van der Waals surface area contributed by atoms with Crippen molar-refractivity contribution in [1.29, 1.82) is 0 Å². The van der Waals surface area contributed by atoms with Crippen molar-refractivity contribution in [3.05, 3.63) is 68.6 Å². The van der Waals surface area contributed by atoms with E-state index < -0.39 is 23.3 Å². The van der Waals surface area contributed by atoms with Crippen molar-refractivity contribution in [2.45, 2.75) is 51.5 Å². The van der Waals surface area contributed by atoms with Crippen molar-refractivity contribution < 1.29 is 19.1 Å². The second kappa shape index (κ2) is 11.2. The van der Waals surface area contributed by atoms with E-state index in [9.17, 15) is 14.4 Å². The van der Waals surface area contributed by atoms with E-state index >= 15 is 0 Å². The average Bonchev–Trinajstić information content (AvgIpc) is 2.87. The number of amides is 1. The summed E-state index contributed by atoms with van der Waals surface area (Å²) in [6.07, 6.45) is 7.48. The molecule has 1 aromatic heterocycles. The lowest BCUT2D eigenvalue weighted by molar-refractivity contribution is -0.146. The molecule has 2 aliphatic rings. The first-order valence-electron chi connectivity index (χ1n) is 11.8. The third kappa shape index (κ3) is 5.24. The van der Waals surface area contributed by atoms with Crippen LogP contribution in [0.15, 0.2) is 47.4 Å². The summed E-state index contributed by atoms with van der Waals surface area (Å²) in [4.78, 5) is 41.9. The maximum absolute atomic E-state index is 12.8. The number of hydrogen-bond donors (Lipinski definition) is 2. The third-order valence-corrected chi connectivity index (χ3v) is 7.59. The van der Waals surface area contributed by atoms with Gasteiger partial charge in [-0.3, -0.25) is 14.6 Å². The number of carbonyl (C=O) groups excluding carboxylic acids is 3. The fourth-order valence-electron chi connectivity index (χ4n) is 4.81. The SMILES string of the molecule is CCOC(=O)[C@H](Cc1ccc(NC(=O)c2c(Cl)cncc2Cl)cc1)NC1=C(Cl)C(=O)C12CCCCC2. The Bertz CT molecular complexity index is 1190. The van der Waals surface area contributed by atoms with Crippen LogP contribution in [0.3, 0.4) is 0 Å². The van der Waals surface area contributed by atoms with Gasteiger partial charge in [-0.25, -0.2) is 4.79 Å². The van der Waals surface area contributed by atoms with Crippen molar-refractivity contribution in [3.8, 4) is 0 Å². The molecule has 7 nitrogen and oxygen atoms in total. The fraction of sp³-hybridized carbons (Fsp3) is 0.385. The number of anilines is 1. The first kappa shape index (κ1) is 26.5. The predicted octanol–water partition coefficient (Wildman–Crippen LogP) is 5.69. The molecule has 190 valence electrons. The van der Waals surface area contributed by atoms with Gasteiger partial charge in [0.05, 0.1) is 27.6 Å². The smallest absolute Gasteiger partial charge is 0.328 e. The quantitative estimate of drug-likeness (QED) is 0.410. The molecular weight excluding hydrogens is 525 g/mol. The molecule has 1 atom stereocenters. The zero-order chi connectivity index (χ0) is 25.9. The van der Waals surface area contributed by atoms with E-state index in [4.69, 9.17) is 39.5 Å². The molecule has 0 bridgehead atoms. The topological polar surface area (TPSA) is 97.4 Å². The number of carbonyl (C=O) groups is 3. The minimum atomic E-state index is -0.713. The van der Waals surface area contributed by atoms with Crippen LogP contribution in [-0.4, -0.2) is 35.3 Å². The van der Waals surface area contributed by atoms with E-state index in [2.05, 4.69) is 15.6 Å². The Morgan fingerprint density at radius 3 is 2.31 bits per heavy atom. The highest BCUT2D eigenvalue weighted by molar-refractivity contribution is 6.47. The molecule has 0 unspecified atom stereocenters. The Morgan fingerprint density at radius 1 is 1.06 bits per heavy atom. The predicted molar refractivity (Wildman–Crippen MR) is 139 cm³/mol. The van der Waals surface area contributed by atoms with E-state index in [0.29, 0.717) is 17.8 Å². The van der Waals surface area contributed by atoms with Crippen LogP contribution >= 0.6 is 34.8 Å². The number of Topliss-reactive ketones (excluding diaryl/α,β-unsaturated/α-hetero) is 1. The zero-order valence-electron chi connectivity index (χ0n) is 19.7. The number of rotatable bonds is 8. The number of nitrogens with zero attached hydrogens (tertiary/aromatic N) is 1. The van der Waals surface area contributed by atoms with Gasteiger partial charge >= 0.3 is 5.97 Å². The van der Waals surface area contributed by atoms with Gasteiger partial charge in [-0.15, -0.1) is 0 Å². The van der Waals surface area contributed by atoms with Crippen molar-refractivity contribution in [1.82, 2.24) is 10.3 Å². The van der Waals surface area contributed by atoms with Crippen molar-refractivity contribution in [2.24, 2.45) is 5.41 Å². The Morgan fingerprint density at radius 2 is 1.69 bits per heavy atom. The number of esters is 1. The van der Waals surface area contributed by atoms with Gasteiger partial charge in [0.25, 0.3) is 5.91 Å². The first-order chi connectivity index (χ1) is 17.3. The van der Waals surface area contributed by atoms with Gasteiger partial charge in [-0.1, -0.05) is 66.2 Å². The number of benzene rings is 1. The second-order valence-corrected chi connectivity index (χ2v) is 10.1. The molecular formula is C26H26Cl3N3O4. The Balaban J connectivity index is 1.48. The highest BCUT2D eigenvalue weighted by atomic mass is 35.5. The lowest BCUT2D eigenvalue weighted by Gasteiger charge is -2.46. The summed E-state index contributed by atoms with van der Waals surface area (Å²) in [5, 5.41) is 6.49. The molecule has 1 spiro atoms. The summed E-state index contributed by atoms with van der Waals surface area (Å²) in [6, 6.07) is 6.34. The molecule has 1 fully saturated rings. The van der Waals surface area contributed by atoms with Crippen molar-refractivity contribution in [2.75, 3.05) is 11.9 Å². The Labute approximate surface area is 224 Å². The highest BCUT2D eigenvalue weighted by Crippen LogP contribution is 2.53. The number of aromatic nitrogens is 1. The van der Waals surface area contributed by atoms with Gasteiger partial charge in [-0.2, -0.15) is 0 Å². The Kier molecular flexibility index (Phi) is 8.23. The molecule has 0 saturated heterocycles. The summed E-state index contributed by atoms with van der Waals surface area (Å²) in [5.74, 6) is -0.914. The van der Waals surface area contributed by atoms with E-state index in [1.54, 1.807) is 31.2 Å². The number of nitrogens with one attached hydrogen (secondary N) is 2. The molecule has 1 saturated carbocycles. The van der Waals surface area contributed by atoms with Crippen LogP contribution in [-0.2, 0) is 20.7 Å². The van der Waals surface area contributed by atoms with E-state index in [1.807, 2.05) is 0 Å². The molecule has 36 heavy (non-hydrogen) atoms. The summed E-state index contributed by atoms with van der Waals surface area (Å²) in [7, 11) is 0. The largest absolute Gasteiger partial charge is 0.464 e. The molecule has 2 N–H and O–H groups in total. The molecule has 1 heterocycles. The maximum atomic E-state index is 12.8. The summed E-state index contributed by atoms with van der Waals surface area (Å²) in [5.41, 5.74) is 1.55. The maximum Gasteiger partial charge on any atom is 0.328 e. The normalized spacial score (nSPS) is 17.4. The lowest BCUT2D eigenvalue weighted by atomic mass is 9.62. The lowest BCUT2D eigenvalue weighted by Crippen LogP contribution is -2.53. The van der Waals surface area contributed by atoms with Gasteiger partial charge in [0, 0.05) is 30.2 Å². The molecule has 4 rings (SSSR count). The summed E-state index contributed by atoms with van der Waals surface area (Å²) < 4.78 is 5.29. The van der Waals surface area contributed by atoms with E-state index in [1.165, 1.54) is 12.4 Å². The first-order valence-corrected chi connectivity index (χ1v) is 13.0. The average molecular weight is 551 g/mol. The number of ether oxygens (including phenoxy) is 1. The van der Waals surface area contributed by atoms with Crippen LogP contribution < -0.4 is 10.6 Å². The van der Waals surface area contributed by atoms with Crippen LogP contribution in [0.5, 0.6) is 0 Å². The van der Waals surface area contributed by atoms with Crippen LogP contribution in [0.1, 0.15) is 54.9 Å². The molecule has 0 radical (unpaired) electrons. The fourth-order valence-corrected chi connectivity index (χ4v) is 5.76. The summed E-state index contributed by atoms with van der Waals surface area (Å²) >= 11 is 18.4. The van der Waals surface area contributed by atoms with Crippen LogP contribution in [0.25, 0.3) is 0 Å². The van der Waals surface area contributed by atoms with Gasteiger partial charge < -0.3 is 15.4 Å². The second-order valence-electron chi connectivity index (χ2n) is 8.94. The van der Waals surface area contributed by atoms with E-state index in [0.717, 1.165) is 37.7 Å². The van der Waals surface area contributed by atoms with Crippen molar-refractivity contribution >= 4 is 58.1 Å². The molecule has 1 aromatic carbocycles. The number of pyridine rings is 1. The van der Waals surface area contributed by atoms with Crippen molar-refractivity contribution in [3.63, 3.8) is 0 Å². The molecule has 10 heteroatoms. The van der Waals surface area contributed by atoms with Gasteiger partial charge in [0.15, 0.2) is 5.78 Å². The number of ketones is 1. The van der Waals surface area contributed by atoms with Gasteiger partial charge in [0.2, 0.25) is 0 Å². The minimum absolute atomic E-state index is 0.0384. The summed E-state index contributed by atoms with van der Waals surface area (Å²) in [6.45, 7) is 1.98. The number of allylic oxidation sites excluding steroid dienone is 2. The minimum Gasteiger partial charge on any atom is -0.464 e. The molecule has 1 amide bonds. The zero-order valence-corrected chi connectivity index (χ0v) is 22.0.